The lowest BCUT2D eigenvalue weighted by Crippen LogP contribution is -2.26. The minimum Gasteiger partial charge on any atom is -0.469 e. The van der Waals surface area contributed by atoms with E-state index in [2.05, 4.69) is 0 Å². The van der Waals surface area contributed by atoms with Gasteiger partial charge in [-0.25, -0.2) is 0 Å². The number of nitrogens with two attached hydrogens (primary N) is 1. The van der Waals surface area contributed by atoms with Crippen LogP contribution < -0.4 is 5.73 Å². The lowest BCUT2D eigenvalue weighted by molar-refractivity contribution is -0.130. The van der Waals surface area contributed by atoms with Gasteiger partial charge in [0.25, 0.3) is 0 Å². The molecule has 0 spiro atoms. The van der Waals surface area contributed by atoms with Crippen LogP contribution in [0, 0.1) is 6.92 Å². The van der Waals surface area contributed by atoms with Gasteiger partial charge >= 0.3 is 0 Å². The number of furan rings is 1. The molecule has 1 rings (SSSR count). The Morgan fingerprint density at radius 3 is 2.87 bits per heavy atom. The van der Waals surface area contributed by atoms with Crippen LogP contribution in [-0.2, 0) is 11.3 Å². The zero-order chi connectivity index (χ0) is 11.3. The van der Waals surface area contributed by atoms with Gasteiger partial charge in [0.05, 0.1) is 6.26 Å². The summed E-state index contributed by atoms with van der Waals surface area (Å²) in [6, 6.07) is 1.89. The standard InChI is InChI=1S/C11H18N2O2/c1-9-10(5-7-15-9)8-13(2)11(14)4-3-6-12/h5,7H,3-4,6,8,12H2,1-2H3. The summed E-state index contributed by atoms with van der Waals surface area (Å²) in [6.07, 6.45) is 2.90. The summed E-state index contributed by atoms with van der Waals surface area (Å²) in [6.45, 7) is 3.06. The molecule has 0 unspecified atom stereocenters. The molecule has 4 heteroatoms. The highest BCUT2D eigenvalue weighted by Gasteiger charge is 2.10. The normalized spacial score (nSPS) is 10.3. The predicted octanol–water partition coefficient (Wildman–Crippen LogP) is 1.29. The molecule has 0 saturated carbocycles. The number of nitrogens with zero attached hydrogens (tertiary/aromatic N) is 1. The Kier molecular flexibility index (Phi) is 4.37. The van der Waals surface area contributed by atoms with Crippen molar-refractivity contribution in [2.75, 3.05) is 13.6 Å². The summed E-state index contributed by atoms with van der Waals surface area (Å²) in [7, 11) is 1.80. The predicted molar refractivity (Wildman–Crippen MR) is 58.2 cm³/mol. The molecule has 15 heavy (non-hydrogen) atoms. The smallest absolute Gasteiger partial charge is 0.222 e. The zero-order valence-electron chi connectivity index (χ0n) is 9.32. The molecular formula is C11H18N2O2. The van der Waals surface area contributed by atoms with Crippen molar-refractivity contribution in [1.82, 2.24) is 4.90 Å². The highest BCUT2D eigenvalue weighted by molar-refractivity contribution is 5.75. The van der Waals surface area contributed by atoms with Crippen LogP contribution in [0.1, 0.15) is 24.2 Å². The second kappa shape index (κ2) is 5.56. The lowest BCUT2D eigenvalue weighted by Gasteiger charge is -2.16. The van der Waals surface area contributed by atoms with Gasteiger partial charge in [0.15, 0.2) is 0 Å². The largest absolute Gasteiger partial charge is 0.469 e. The van der Waals surface area contributed by atoms with E-state index < -0.39 is 0 Å². The average molecular weight is 210 g/mol. The molecular weight excluding hydrogens is 192 g/mol. The highest BCUT2D eigenvalue weighted by atomic mass is 16.3. The number of rotatable bonds is 5. The molecule has 0 aliphatic rings. The first kappa shape index (κ1) is 11.8. The van der Waals surface area contributed by atoms with Gasteiger partial charge in [-0.2, -0.15) is 0 Å². The number of carbonyl (C=O) groups is 1. The van der Waals surface area contributed by atoms with Gasteiger partial charge in [-0.15, -0.1) is 0 Å². The molecule has 0 saturated heterocycles. The maximum Gasteiger partial charge on any atom is 0.222 e. The Labute approximate surface area is 90.0 Å². The first-order chi connectivity index (χ1) is 7.15. The Hall–Kier alpha value is -1.29. The SMILES string of the molecule is Cc1occc1CN(C)C(=O)CCCN. The van der Waals surface area contributed by atoms with Crippen LogP contribution in [0.25, 0.3) is 0 Å². The topological polar surface area (TPSA) is 59.5 Å². The van der Waals surface area contributed by atoms with Crippen molar-refractivity contribution in [3.63, 3.8) is 0 Å². The van der Waals surface area contributed by atoms with Crippen LogP contribution in [-0.4, -0.2) is 24.4 Å². The fourth-order valence-electron chi connectivity index (χ4n) is 1.36. The van der Waals surface area contributed by atoms with E-state index in [0.717, 1.165) is 17.7 Å². The van der Waals surface area contributed by atoms with E-state index in [4.69, 9.17) is 10.2 Å². The number of hydrogen-bond donors (Lipinski definition) is 1. The maximum absolute atomic E-state index is 11.6. The molecule has 0 atom stereocenters. The van der Waals surface area contributed by atoms with Gasteiger partial charge in [0.2, 0.25) is 5.91 Å². The Morgan fingerprint density at radius 1 is 1.60 bits per heavy atom. The minimum absolute atomic E-state index is 0.126. The van der Waals surface area contributed by atoms with Crippen LogP contribution in [0.2, 0.25) is 0 Å². The molecule has 0 aromatic carbocycles. The monoisotopic (exact) mass is 210 g/mol. The molecule has 0 aliphatic carbocycles. The van der Waals surface area contributed by atoms with Crippen LogP contribution >= 0.6 is 0 Å². The molecule has 0 bridgehead atoms. The van der Waals surface area contributed by atoms with E-state index in [1.807, 2.05) is 13.0 Å². The summed E-state index contributed by atoms with van der Waals surface area (Å²) >= 11 is 0. The quantitative estimate of drug-likeness (QED) is 0.796. The fraction of sp³-hybridized carbons (Fsp3) is 0.545. The average Bonchev–Trinajstić information content (AvgIpc) is 2.61. The molecule has 2 N–H and O–H groups in total. The van der Waals surface area contributed by atoms with Crippen molar-refractivity contribution in [3.8, 4) is 0 Å². The first-order valence-corrected chi connectivity index (χ1v) is 5.12. The Balaban J connectivity index is 2.45. The lowest BCUT2D eigenvalue weighted by atomic mass is 10.2. The molecule has 4 nitrogen and oxygen atoms in total. The summed E-state index contributed by atoms with van der Waals surface area (Å²) in [5.74, 6) is 0.995. The van der Waals surface area contributed by atoms with E-state index in [1.54, 1.807) is 18.2 Å². The third-order valence-corrected chi connectivity index (χ3v) is 2.39. The van der Waals surface area contributed by atoms with Crippen molar-refractivity contribution < 1.29 is 9.21 Å². The van der Waals surface area contributed by atoms with Crippen molar-refractivity contribution in [1.29, 1.82) is 0 Å². The maximum atomic E-state index is 11.6. The van der Waals surface area contributed by atoms with Crippen LogP contribution in [0.3, 0.4) is 0 Å². The van der Waals surface area contributed by atoms with Gasteiger partial charge in [-0.1, -0.05) is 0 Å². The third-order valence-electron chi connectivity index (χ3n) is 2.39. The van der Waals surface area contributed by atoms with E-state index in [-0.39, 0.29) is 5.91 Å². The van der Waals surface area contributed by atoms with E-state index in [9.17, 15) is 4.79 Å². The van der Waals surface area contributed by atoms with E-state index in [0.29, 0.717) is 19.5 Å². The van der Waals surface area contributed by atoms with Gasteiger partial charge < -0.3 is 15.1 Å². The van der Waals surface area contributed by atoms with Crippen molar-refractivity contribution >= 4 is 5.91 Å². The van der Waals surface area contributed by atoms with Crippen LogP contribution in [0.5, 0.6) is 0 Å². The Morgan fingerprint density at radius 2 is 2.33 bits per heavy atom. The van der Waals surface area contributed by atoms with Gasteiger partial charge in [-0.05, 0) is 26.0 Å². The van der Waals surface area contributed by atoms with Crippen molar-refractivity contribution in [3.05, 3.63) is 23.7 Å². The molecule has 1 heterocycles. The van der Waals surface area contributed by atoms with Gasteiger partial charge in [0, 0.05) is 25.6 Å². The summed E-state index contributed by atoms with van der Waals surface area (Å²) in [5, 5.41) is 0. The first-order valence-electron chi connectivity index (χ1n) is 5.12. The number of aryl methyl sites for hydroxylation is 1. The van der Waals surface area contributed by atoms with E-state index in [1.165, 1.54) is 0 Å². The minimum atomic E-state index is 0.126. The van der Waals surface area contributed by atoms with Gasteiger partial charge in [0.1, 0.15) is 5.76 Å². The second-order valence-corrected chi connectivity index (χ2v) is 3.64. The summed E-state index contributed by atoms with van der Waals surface area (Å²) in [5.41, 5.74) is 6.41. The summed E-state index contributed by atoms with van der Waals surface area (Å²) < 4.78 is 5.17. The summed E-state index contributed by atoms with van der Waals surface area (Å²) in [4.78, 5) is 13.3. The number of hydrogen-bond acceptors (Lipinski definition) is 3. The van der Waals surface area contributed by atoms with Crippen LogP contribution in [0.15, 0.2) is 16.7 Å². The molecule has 0 fully saturated rings. The van der Waals surface area contributed by atoms with Crippen LogP contribution in [0.4, 0.5) is 0 Å². The number of carbonyl (C=O) groups excluding carboxylic acids is 1. The Bertz CT molecular complexity index is 320. The zero-order valence-corrected chi connectivity index (χ0v) is 9.32. The highest BCUT2D eigenvalue weighted by Crippen LogP contribution is 2.11. The molecule has 1 aromatic heterocycles. The third kappa shape index (κ3) is 3.40. The molecule has 1 amide bonds. The van der Waals surface area contributed by atoms with E-state index >= 15 is 0 Å². The molecule has 1 aromatic rings. The molecule has 84 valence electrons. The van der Waals surface area contributed by atoms with Gasteiger partial charge in [-0.3, -0.25) is 4.79 Å². The van der Waals surface area contributed by atoms with Crippen molar-refractivity contribution in [2.45, 2.75) is 26.3 Å². The van der Waals surface area contributed by atoms with Crippen molar-refractivity contribution in [2.24, 2.45) is 5.73 Å². The fourth-order valence-corrected chi connectivity index (χ4v) is 1.36. The number of amides is 1. The second-order valence-electron chi connectivity index (χ2n) is 3.64. The molecule has 0 radical (unpaired) electrons. The molecule has 0 aliphatic heterocycles.